The predicted molar refractivity (Wildman–Crippen MR) is 62.4 cm³/mol. The fourth-order valence-electron chi connectivity index (χ4n) is 1.71. The fourth-order valence-corrected chi connectivity index (χ4v) is 1.71. The smallest absolute Gasteiger partial charge is 0.416 e. The van der Waals surface area contributed by atoms with Crippen molar-refractivity contribution in [2.75, 3.05) is 18.5 Å². The highest BCUT2D eigenvalue weighted by atomic mass is 19.4. The van der Waals surface area contributed by atoms with Crippen LogP contribution in [-0.4, -0.2) is 29.2 Å². The summed E-state index contributed by atoms with van der Waals surface area (Å²) in [7, 11) is 0. The molecule has 1 aromatic carbocycles. The van der Waals surface area contributed by atoms with Crippen LogP contribution in [0.15, 0.2) is 35.9 Å². The number of benzene rings is 1. The van der Waals surface area contributed by atoms with Gasteiger partial charge in [0.15, 0.2) is 0 Å². The molecule has 0 amide bonds. The molecule has 1 heterocycles. The Morgan fingerprint density at radius 2 is 1.89 bits per heavy atom. The van der Waals surface area contributed by atoms with Crippen LogP contribution in [-0.2, 0) is 11.0 Å². The van der Waals surface area contributed by atoms with Crippen LogP contribution >= 0.6 is 0 Å². The Bertz CT molecular complexity index is 509. The summed E-state index contributed by atoms with van der Waals surface area (Å²) in [6.07, 6.45) is -2.80. The Labute approximate surface area is 107 Å². The van der Waals surface area contributed by atoms with Crippen molar-refractivity contribution >= 4 is 11.7 Å². The van der Waals surface area contributed by atoms with Crippen molar-refractivity contribution in [1.29, 1.82) is 0 Å². The molecule has 1 aliphatic rings. The highest BCUT2D eigenvalue weighted by Gasteiger charge is 2.30. The van der Waals surface area contributed by atoms with Gasteiger partial charge in [0, 0.05) is 12.2 Å². The molecule has 102 valence electrons. The SMILES string of the molecule is O=C(O)C1=CCN(Nc2ccc(C(F)(F)F)cc2)C1. The maximum atomic E-state index is 12.4. The van der Waals surface area contributed by atoms with Crippen molar-refractivity contribution in [1.82, 2.24) is 5.01 Å². The number of nitrogens with zero attached hydrogens (tertiary/aromatic N) is 1. The van der Waals surface area contributed by atoms with Gasteiger partial charge >= 0.3 is 12.1 Å². The van der Waals surface area contributed by atoms with E-state index < -0.39 is 17.7 Å². The van der Waals surface area contributed by atoms with Gasteiger partial charge in [0.1, 0.15) is 0 Å². The Kier molecular flexibility index (Phi) is 3.48. The van der Waals surface area contributed by atoms with E-state index in [-0.39, 0.29) is 12.1 Å². The van der Waals surface area contributed by atoms with E-state index in [0.29, 0.717) is 12.2 Å². The maximum absolute atomic E-state index is 12.4. The Morgan fingerprint density at radius 1 is 1.26 bits per heavy atom. The summed E-state index contributed by atoms with van der Waals surface area (Å²) in [5.41, 5.74) is 2.88. The van der Waals surface area contributed by atoms with E-state index in [1.165, 1.54) is 12.1 Å². The maximum Gasteiger partial charge on any atom is 0.416 e. The number of hydrogen-bond acceptors (Lipinski definition) is 3. The average molecular weight is 272 g/mol. The molecule has 1 aliphatic heterocycles. The summed E-state index contributed by atoms with van der Waals surface area (Å²) in [5, 5.41) is 10.4. The number of rotatable bonds is 3. The largest absolute Gasteiger partial charge is 0.478 e. The molecule has 0 radical (unpaired) electrons. The Hall–Kier alpha value is -2.02. The monoisotopic (exact) mass is 272 g/mol. The van der Waals surface area contributed by atoms with E-state index in [2.05, 4.69) is 5.43 Å². The van der Waals surface area contributed by atoms with Gasteiger partial charge in [-0.2, -0.15) is 13.2 Å². The number of nitrogens with one attached hydrogen (secondary N) is 1. The molecule has 0 aromatic heterocycles. The number of hydrogen-bond donors (Lipinski definition) is 2. The third-order valence-corrected chi connectivity index (χ3v) is 2.69. The summed E-state index contributed by atoms with van der Waals surface area (Å²) >= 11 is 0. The van der Waals surface area contributed by atoms with Gasteiger partial charge in [0.05, 0.1) is 17.7 Å². The molecule has 4 nitrogen and oxygen atoms in total. The topological polar surface area (TPSA) is 52.6 Å². The zero-order valence-electron chi connectivity index (χ0n) is 9.74. The van der Waals surface area contributed by atoms with Crippen LogP contribution in [0.2, 0.25) is 0 Å². The summed E-state index contributed by atoms with van der Waals surface area (Å²) in [4.78, 5) is 10.7. The van der Waals surface area contributed by atoms with Gasteiger partial charge in [-0.05, 0) is 24.3 Å². The van der Waals surface area contributed by atoms with Crippen molar-refractivity contribution in [3.63, 3.8) is 0 Å². The molecule has 1 aromatic rings. The highest BCUT2D eigenvalue weighted by molar-refractivity contribution is 5.87. The van der Waals surface area contributed by atoms with E-state index in [4.69, 9.17) is 5.11 Å². The van der Waals surface area contributed by atoms with Crippen molar-refractivity contribution in [3.05, 3.63) is 41.5 Å². The van der Waals surface area contributed by atoms with Crippen LogP contribution in [0.3, 0.4) is 0 Å². The lowest BCUT2D eigenvalue weighted by atomic mass is 10.2. The zero-order chi connectivity index (χ0) is 14.0. The number of carbonyl (C=O) groups is 1. The Morgan fingerprint density at radius 3 is 2.37 bits per heavy atom. The molecule has 0 aliphatic carbocycles. The number of halogens is 3. The molecule has 0 spiro atoms. The molecule has 2 rings (SSSR count). The number of aliphatic carboxylic acids is 1. The summed E-state index contributed by atoms with van der Waals surface area (Å²) < 4.78 is 37.1. The minimum atomic E-state index is -4.36. The van der Waals surface area contributed by atoms with Gasteiger partial charge in [0.25, 0.3) is 0 Å². The van der Waals surface area contributed by atoms with Crippen LogP contribution in [0, 0.1) is 0 Å². The minimum Gasteiger partial charge on any atom is -0.478 e. The van der Waals surface area contributed by atoms with Crippen molar-refractivity contribution in [2.24, 2.45) is 0 Å². The number of carboxylic acids is 1. The van der Waals surface area contributed by atoms with Crippen molar-refractivity contribution in [3.8, 4) is 0 Å². The van der Waals surface area contributed by atoms with Crippen LogP contribution in [0.1, 0.15) is 5.56 Å². The average Bonchev–Trinajstić information content (AvgIpc) is 2.77. The van der Waals surface area contributed by atoms with E-state index >= 15 is 0 Å². The summed E-state index contributed by atoms with van der Waals surface area (Å²) in [6, 6.07) is 4.57. The number of anilines is 1. The third-order valence-electron chi connectivity index (χ3n) is 2.69. The molecule has 2 N–H and O–H groups in total. The van der Waals surface area contributed by atoms with Gasteiger partial charge in [-0.25, -0.2) is 9.80 Å². The first-order valence-corrected chi connectivity index (χ1v) is 5.47. The predicted octanol–water partition coefficient (Wildman–Crippen LogP) is 2.36. The lowest BCUT2D eigenvalue weighted by molar-refractivity contribution is -0.137. The minimum absolute atomic E-state index is 0.205. The summed E-state index contributed by atoms with van der Waals surface area (Å²) in [5.74, 6) is -0.989. The second-order valence-electron chi connectivity index (χ2n) is 4.10. The highest BCUT2D eigenvalue weighted by Crippen LogP contribution is 2.29. The van der Waals surface area contributed by atoms with Gasteiger partial charge in [-0.3, -0.25) is 0 Å². The zero-order valence-corrected chi connectivity index (χ0v) is 9.74. The van der Waals surface area contributed by atoms with E-state index in [1.807, 2.05) is 0 Å². The van der Waals surface area contributed by atoms with Crippen LogP contribution in [0.25, 0.3) is 0 Å². The lowest BCUT2D eigenvalue weighted by Crippen LogP contribution is -2.28. The normalized spacial score (nSPS) is 16.3. The van der Waals surface area contributed by atoms with Crippen LogP contribution < -0.4 is 5.43 Å². The number of alkyl halides is 3. The molecule has 0 bridgehead atoms. The first kappa shape index (κ1) is 13.4. The molecule has 0 atom stereocenters. The van der Waals surface area contributed by atoms with Gasteiger partial charge in [-0.15, -0.1) is 0 Å². The van der Waals surface area contributed by atoms with Crippen molar-refractivity contribution in [2.45, 2.75) is 6.18 Å². The summed E-state index contributed by atoms with van der Waals surface area (Å²) in [6.45, 7) is 0.596. The first-order valence-electron chi connectivity index (χ1n) is 5.47. The third kappa shape index (κ3) is 3.25. The Balaban J connectivity index is 1.97. The first-order chi connectivity index (χ1) is 8.86. The second kappa shape index (κ2) is 4.93. The molecule has 0 fully saturated rings. The molecular weight excluding hydrogens is 261 g/mol. The second-order valence-corrected chi connectivity index (χ2v) is 4.10. The number of hydrazine groups is 1. The molecule has 19 heavy (non-hydrogen) atoms. The lowest BCUT2D eigenvalue weighted by Gasteiger charge is -2.18. The van der Waals surface area contributed by atoms with E-state index in [1.54, 1.807) is 11.1 Å². The van der Waals surface area contributed by atoms with Gasteiger partial charge in [0.2, 0.25) is 0 Å². The number of carboxylic acid groups (broad SMARTS) is 1. The van der Waals surface area contributed by atoms with Crippen molar-refractivity contribution < 1.29 is 23.1 Å². The molecule has 7 heteroatoms. The standard InChI is InChI=1S/C12H11F3N2O2/c13-12(14,15)9-1-3-10(4-2-9)16-17-6-5-8(7-17)11(18)19/h1-5,16H,6-7H2,(H,18,19). The fraction of sp³-hybridized carbons (Fsp3) is 0.250. The molecular formula is C12H11F3N2O2. The van der Waals surface area contributed by atoms with Gasteiger partial charge in [-0.1, -0.05) is 6.08 Å². The molecule has 0 saturated heterocycles. The van der Waals surface area contributed by atoms with E-state index in [0.717, 1.165) is 12.1 Å². The van der Waals surface area contributed by atoms with Crippen LogP contribution in [0.4, 0.5) is 18.9 Å². The molecule has 0 unspecified atom stereocenters. The van der Waals surface area contributed by atoms with Gasteiger partial charge < -0.3 is 10.5 Å². The van der Waals surface area contributed by atoms with Crippen LogP contribution in [0.5, 0.6) is 0 Å². The molecule has 0 saturated carbocycles. The quantitative estimate of drug-likeness (QED) is 0.887. The van der Waals surface area contributed by atoms with E-state index in [9.17, 15) is 18.0 Å².